The molecule has 40 heavy (non-hydrogen) atoms. The molecule has 13 heteroatoms. The number of nitrogens with zero attached hydrogens (tertiary/aromatic N) is 4. The van der Waals surface area contributed by atoms with Crippen LogP contribution in [0.4, 0.5) is 13.6 Å². The Bertz CT molecular complexity index is 1180. The third-order valence-corrected chi connectivity index (χ3v) is 7.33. The summed E-state index contributed by atoms with van der Waals surface area (Å²) >= 11 is 0. The van der Waals surface area contributed by atoms with Crippen LogP contribution in [0.5, 0.6) is 0 Å². The van der Waals surface area contributed by atoms with E-state index in [1.54, 1.807) is 43.0 Å². The molecule has 2 atom stereocenters. The van der Waals surface area contributed by atoms with E-state index in [9.17, 15) is 33.7 Å². The number of hydrogen-bond donors (Lipinski definition) is 3. The number of amides is 2. The van der Waals surface area contributed by atoms with Gasteiger partial charge in [0.05, 0.1) is 30.2 Å². The fraction of sp³-hybridized carbons (Fsp3) is 0.556. The number of rotatable bonds is 9. The SMILES string of the molecule is CC(C)(C=C(C#N)C(=O)N1CCCC[C@@H]1COC(=O)N[C@@H](Cc1ccc(C#N)cc1)B(O)O)N1CCC(F)(F)C1. The van der Waals surface area contributed by atoms with Gasteiger partial charge >= 0.3 is 13.2 Å². The number of alkyl halides is 2. The maximum atomic E-state index is 13.8. The van der Waals surface area contributed by atoms with Crippen LogP contribution in [0, 0.1) is 22.7 Å². The Hall–Kier alpha value is -3.52. The van der Waals surface area contributed by atoms with Gasteiger partial charge in [-0.2, -0.15) is 10.5 Å². The zero-order chi connectivity index (χ0) is 29.5. The predicted octanol–water partition coefficient (Wildman–Crippen LogP) is 2.16. The van der Waals surface area contributed by atoms with Crippen LogP contribution in [-0.2, 0) is 16.0 Å². The van der Waals surface area contributed by atoms with Gasteiger partial charge in [-0.05, 0) is 63.3 Å². The highest BCUT2D eigenvalue weighted by Gasteiger charge is 2.43. The van der Waals surface area contributed by atoms with Crippen molar-refractivity contribution in [3.8, 4) is 12.1 Å². The van der Waals surface area contributed by atoms with Gasteiger partial charge in [-0.3, -0.25) is 9.69 Å². The molecule has 2 fully saturated rings. The Balaban J connectivity index is 1.62. The lowest BCUT2D eigenvalue weighted by molar-refractivity contribution is -0.131. The Morgan fingerprint density at radius 2 is 1.95 bits per heavy atom. The van der Waals surface area contributed by atoms with E-state index in [1.165, 1.54) is 11.0 Å². The van der Waals surface area contributed by atoms with Crippen molar-refractivity contribution in [2.24, 2.45) is 0 Å². The van der Waals surface area contributed by atoms with Crippen molar-refractivity contribution in [2.45, 2.75) is 69.4 Å². The molecule has 0 spiro atoms. The fourth-order valence-corrected chi connectivity index (χ4v) is 4.98. The summed E-state index contributed by atoms with van der Waals surface area (Å²) in [7, 11) is -1.88. The van der Waals surface area contributed by atoms with Gasteiger partial charge in [-0.1, -0.05) is 12.1 Å². The molecule has 2 aliphatic heterocycles. The van der Waals surface area contributed by atoms with Gasteiger partial charge in [-0.15, -0.1) is 0 Å². The van der Waals surface area contributed by atoms with Gasteiger partial charge in [0.25, 0.3) is 11.8 Å². The first kappa shape index (κ1) is 31.0. The summed E-state index contributed by atoms with van der Waals surface area (Å²) in [5.41, 5.74) is -0.00291. The minimum Gasteiger partial charge on any atom is -0.447 e. The normalized spacial score (nSPS) is 20.2. The van der Waals surface area contributed by atoms with Crippen LogP contribution >= 0.6 is 0 Å². The first-order valence-electron chi connectivity index (χ1n) is 13.2. The highest BCUT2D eigenvalue weighted by molar-refractivity contribution is 6.43. The number of ether oxygens (including phenoxy) is 1. The number of alkyl carbamates (subject to hydrolysis) is 1. The second-order valence-electron chi connectivity index (χ2n) is 10.8. The molecule has 1 aromatic carbocycles. The van der Waals surface area contributed by atoms with Crippen molar-refractivity contribution in [1.82, 2.24) is 15.1 Å². The van der Waals surface area contributed by atoms with Crippen molar-refractivity contribution >= 4 is 19.1 Å². The summed E-state index contributed by atoms with van der Waals surface area (Å²) in [5.74, 6) is -4.46. The molecule has 10 nitrogen and oxygen atoms in total. The lowest BCUT2D eigenvalue weighted by Crippen LogP contribution is -2.50. The molecule has 2 amide bonds. The summed E-state index contributed by atoms with van der Waals surface area (Å²) in [6.07, 6.45) is 2.30. The zero-order valence-electron chi connectivity index (χ0n) is 22.6. The van der Waals surface area contributed by atoms with Crippen LogP contribution in [0.1, 0.15) is 50.7 Å². The van der Waals surface area contributed by atoms with Crippen LogP contribution in [0.15, 0.2) is 35.9 Å². The van der Waals surface area contributed by atoms with Gasteiger partial charge in [0.1, 0.15) is 18.2 Å². The van der Waals surface area contributed by atoms with E-state index in [2.05, 4.69) is 5.32 Å². The molecule has 1 aromatic rings. The van der Waals surface area contributed by atoms with Gasteiger partial charge in [-0.25, -0.2) is 13.6 Å². The fourth-order valence-electron chi connectivity index (χ4n) is 4.98. The zero-order valence-corrected chi connectivity index (χ0v) is 22.6. The number of carbonyl (C=O) groups excluding carboxylic acids is 2. The number of halogens is 2. The molecule has 0 unspecified atom stereocenters. The van der Waals surface area contributed by atoms with Crippen LogP contribution in [-0.4, -0.2) is 88.7 Å². The molecule has 0 radical (unpaired) electrons. The van der Waals surface area contributed by atoms with Crippen LogP contribution in [0.25, 0.3) is 0 Å². The molecule has 2 saturated heterocycles. The number of benzene rings is 1. The number of piperidine rings is 1. The maximum absolute atomic E-state index is 13.8. The lowest BCUT2D eigenvalue weighted by atomic mass is 9.76. The molecule has 0 aromatic heterocycles. The molecule has 0 bridgehead atoms. The molecule has 3 rings (SSSR count). The minimum absolute atomic E-state index is 0.0710. The van der Waals surface area contributed by atoms with Gasteiger partial charge in [0.2, 0.25) is 0 Å². The minimum atomic E-state index is -2.81. The topological polar surface area (TPSA) is 150 Å². The van der Waals surface area contributed by atoms with Gasteiger partial charge in [0.15, 0.2) is 0 Å². The molecule has 2 aliphatic rings. The molecule has 0 saturated carbocycles. The third kappa shape index (κ3) is 8.24. The van der Waals surface area contributed by atoms with Gasteiger partial charge in [0, 0.05) is 25.0 Å². The first-order chi connectivity index (χ1) is 18.8. The molecule has 0 aliphatic carbocycles. The molecule has 214 valence electrons. The molecular weight excluding hydrogens is 523 g/mol. The van der Waals surface area contributed by atoms with E-state index in [0.29, 0.717) is 30.5 Å². The van der Waals surface area contributed by atoms with E-state index < -0.39 is 49.1 Å². The Morgan fingerprint density at radius 1 is 1.25 bits per heavy atom. The highest BCUT2D eigenvalue weighted by Crippen LogP contribution is 2.33. The number of likely N-dealkylation sites (tertiary alicyclic amines) is 2. The van der Waals surface area contributed by atoms with E-state index in [4.69, 9.17) is 10.00 Å². The monoisotopic (exact) mass is 557 g/mol. The van der Waals surface area contributed by atoms with E-state index in [0.717, 1.165) is 6.42 Å². The number of nitrogens with one attached hydrogen (secondary N) is 1. The summed E-state index contributed by atoms with van der Waals surface area (Å²) in [6.45, 7) is 3.23. The summed E-state index contributed by atoms with van der Waals surface area (Å²) < 4.78 is 32.9. The Kier molecular flexibility index (Phi) is 10.3. The van der Waals surface area contributed by atoms with E-state index >= 15 is 0 Å². The predicted molar refractivity (Wildman–Crippen MR) is 142 cm³/mol. The average molecular weight is 557 g/mol. The van der Waals surface area contributed by atoms with Gasteiger partial charge < -0.3 is 25.0 Å². The first-order valence-corrected chi connectivity index (χ1v) is 13.2. The highest BCUT2D eigenvalue weighted by atomic mass is 19.3. The van der Waals surface area contributed by atoms with Crippen LogP contribution in [0.3, 0.4) is 0 Å². The quantitative estimate of drug-likeness (QED) is 0.238. The molecular formula is C27H34BF2N5O5. The second-order valence-corrected chi connectivity index (χ2v) is 10.8. The number of nitriles is 2. The number of carbonyl (C=O) groups is 2. The molecule has 3 N–H and O–H groups in total. The smallest absolute Gasteiger partial charge is 0.447 e. The molecule has 2 heterocycles. The van der Waals surface area contributed by atoms with E-state index in [1.807, 2.05) is 12.1 Å². The summed E-state index contributed by atoms with van der Waals surface area (Å²) in [4.78, 5) is 28.9. The largest absolute Gasteiger partial charge is 0.475 e. The second kappa shape index (κ2) is 13.2. The van der Waals surface area contributed by atoms with Crippen molar-refractivity contribution in [2.75, 3.05) is 26.2 Å². The summed E-state index contributed by atoms with van der Waals surface area (Å²) in [5, 5.41) is 40.6. The number of hydrogen-bond acceptors (Lipinski definition) is 8. The van der Waals surface area contributed by atoms with E-state index in [-0.39, 0.29) is 31.6 Å². The van der Waals surface area contributed by atoms with Crippen LogP contribution in [0.2, 0.25) is 0 Å². The van der Waals surface area contributed by atoms with Crippen molar-refractivity contribution in [1.29, 1.82) is 10.5 Å². The average Bonchev–Trinajstić information content (AvgIpc) is 3.30. The summed E-state index contributed by atoms with van der Waals surface area (Å²) in [6, 6.07) is 9.83. The van der Waals surface area contributed by atoms with Crippen molar-refractivity contribution in [3.05, 3.63) is 47.0 Å². The maximum Gasteiger partial charge on any atom is 0.475 e. The Labute approximate surface area is 232 Å². The lowest BCUT2D eigenvalue weighted by Gasteiger charge is -2.36. The third-order valence-electron chi connectivity index (χ3n) is 7.33. The van der Waals surface area contributed by atoms with Crippen molar-refractivity contribution < 1.29 is 33.2 Å². The van der Waals surface area contributed by atoms with Crippen LogP contribution < -0.4 is 5.32 Å². The standard InChI is InChI=1S/C27H34BF2N5O5/c1-26(2,34-12-10-27(29,30)18-34)14-21(16-32)24(36)35-11-4-3-5-22(35)17-40-25(37)33-23(28(38)39)13-19-6-8-20(15-31)9-7-19/h6-9,14,22-23,38-39H,3-5,10-13,17-18H2,1-2H3,(H,33,37)/t22-,23+/m1/s1. The Morgan fingerprint density at radius 3 is 2.52 bits per heavy atom. The van der Waals surface area contributed by atoms with Crippen molar-refractivity contribution in [3.63, 3.8) is 0 Å².